The number of carboxylic acids is 1. The molecule has 0 heterocycles. The Morgan fingerprint density at radius 2 is 1.85 bits per heavy atom. The van der Waals surface area contributed by atoms with Gasteiger partial charge in [0.1, 0.15) is 5.54 Å². The molecule has 1 aromatic rings. The van der Waals surface area contributed by atoms with E-state index >= 15 is 0 Å². The Bertz CT molecular complexity index is 480. The molecule has 2 rings (SSSR count). The number of amides is 1. The van der Waals surface area contributed by atoms with Crippen LogP contribution in [0.1, 0.15) is 37.4 Å². The normalized spacial score (nSPS) is 18.4. The second-order valence-corrected chi connectivity index (χ2v) is 5.11. The van der Waals surface area contributed by atoms with E-state index < -0.39 is 23.5 Å². The first-order chi connectivity index (χ1) is 9.59. The molecule has 20 heavy (non-hydrogen) atoms. The largest absolute Gasteiger partial charge is 0.480 e. The number of hydrogen-bond acceptors (Lipinski definition) is 3. The zero-order valence-electron chi connectivity index (χ0n) is 11.5. The van der Waals surface area contributed by atoms with E-state index in [1.807, 2.05) is 18.2 Å². The Hall–Kier alpha value is -1.88. The number of benzene rings is 1. The SMILES string of the molecule is COC(C(=O)NC1(C(=O)O)CCCC1)c1ccccc1. The Morgan fingerprint density at radius 1 is 1.25 bits per heavy atom. The highest BCUT2D eigenvalue weighted by Crippen LogP contribution is 2.31. The maximum Gasteiger partial charge on any atom is 0.329 e. The molecular formula is C15H19NO4. The van der Waals surface area contributed by atoms with Crippen LogP contribution in [0.15, 0.2) is 30.3 Å². The Labute approximate surface area is 117 Å². The zero-order chi connectivity index (χ0) is 14.6. The predicted molar refractivity (Wildman–Crippen MR) is 73.2 cm³/mol. The molecular weight excluding hydrogens is 258 g/mol. The van der Waals surface area contributed by atoms with Crippen LogP contribution < -0.4 is 5.32 Å². The van der Waals surface area contributed by atoms with E-state index in [-0.39, 0.29) is 0 Å². The number of nitrogens with one attached hydrogen (secondary N) is 1. The molecule has 1 aliphatic rings. The van der Waals surface area contributed by atoms with Gasteiger partial charge in [-0.05, 0) is 18.4 Å². The van der Waals surface area contributed by atoms with Crippen molar-refractivity contribution < 1.29 is 19.4 Å². The second-order valence-electron chi connectivity index (χ2n) is 5.11. The highest BCUT2D eigenvalue weighted by molar-refractivity contribution is 5.90. The molecule has 0 aliphatic heterocycles. The number of aliphatic carboxylic acids is 1. The maximum atomic E-state index is 12.3. The van der Waals surface area contributed by atoms with Crippen molar-refractivity contribution in [3.8, 4) is 0 Å². The van der Waals surface area contributed by atoms with Gasteiger partial charge in [-0.25, -0.2) is 4.79 Å². The number of carbonyl (C=O) groups is 2. The lowest BCUT2D eigenvalue weighted by atomic mass is 9.96. The summed E-state index contributed by atoms with van der Waals surface area (Å²) in [5.41, 5.74) is -0.422. The van der Waals surface area contributed by atoms with Gasteiger partial charge in [0.15, 0.2) is 6.10 Å². The lowest BCUT2D eigenvalue weighted by molar-refractivity contribution is -0.149. The number of methoxy groups -OCH3 is 1. The van der Waals surface area contributed by atoms with Gasteiger partial charge in [-0.3, -0.25) is 4.79 Å². The summed E-state index contributed by atoms with van der Waals surface area (Å²) in [6, 6.07) is 9.06. The van der Waals surface area contributed by atoms with E-state index in [1.165, 1.54) is 7.11 Å². The molecule has 0 bridgehead atoms. The predicted octanol–water partition coefficient (Wildman–Crippen LogP) is 1.89. The molecule has 0 radical (unpaired) electrons. The maximum absolute atomic E-state index is 12.3. The molecule has 1 atom stereocenters. The molecule has 1 amide bonds. The summed E-state index contributed by atoms with van der Waals surface area (Å²) in [5, 5.41) is 12.1. The highest BCUT2D eigenvalue weighted by Gasteiger charge is 2.43. The lowest BCUT2D eigenvalue weighted by Gasteiger charge is -2.27. The monoisotopic (exact) mass is 277 g/mol. The minimum absolute atomic E-state index is 0.400. The third-order valence-electron chi connectivity index (χ3n) is 3.81. The van der Waals surface area contributed by atoms with Crippen molar-refractivity contribution >= 4 is 11.9 Å². The first-order valence-corrected chi connectivity index (χ1v) is 6.72. The number of hydrogen-bond donors (Lipinski definition) is 2. The van der Waals surface area contributed by atoms with Gasteiger partial charge in [-0.1, -0.05) is 43.2 Å². The summed E-state index contributed by atoms with van der Waals surface area (Å²) in [4.78, 5) is 23.8. The summed E-state index contributed by atoms with van der Waals surface area (Å²) >= 11 is 0. The van der Waals surface area contributed by atoms with E-state index in [4.69, 9.17) is 4.74 Å². The minimum Gasteiger partial charge on any atom is -0.480 e. The molecule has 5 nitrogen and oxygen atoms in total. The summed E-state index contributed by atoms with van der Waals surface area (Å²) in [6.07, 6.45) is 1.79. The van der Waals surface area contributed by atoms with Crippen LogP contribution in [0.4, 0.5) is 0 Å². The quantitative estimate of drug-likeness (QED) is 0.861. The molecule has 1 aliphatic carbocycles. The van der Waals surface area contributed by atoms with Gasteiger partial charge in [0.2, 0.25) is 0 Å². The van der Waals surface area contributed by atoms with Gasteiger partial charge in [0.05, 0.1) is 0 Å². The Kier molecular flexibility index (Phi) is 4.39. The summed E-state index contributed by atoms with van der Waals surface area (Å²) < 4.78 is 5.23. The average Bonchev–Trinajstić information content (AvgIpc) is 2.90. The molecule has 108 valence electrons. The first kappa shape index (κ1) is 14.5. The van der Waals surface area contributed by atoms with Crippen LogP contribution in [0.5, 0.6) is 0 Å². The molecule has 1 unspecified atom stereocenters. The van der Waals surface area contributed by atoms with Gasteiger partial charge in [-0.2, -0.15) is 0 Å². The van der Waals surface area contributed by atoms with E-state index in [1.54, 1.807) is 12.1 Å². The van der Waals surface area contributed by atoms with Crippen molar-refractivity contribution in [2.24, 2.45) is 0 Å². The smallest absolute Gasteiger partial charge is 0.329 e. The third-order valence-corrected chi connectivity index (χ3v) is 3.81. The summed E-state index contributed by atoms with van der Waals surface area (Å²) in [6.45, 7) is 0. The molecule has 5 heteroatoms. The van der Waals surface area contributed by atoms with Crippen LogP contribution in [-0.2, 0) is 14.3 Å². The number of carbonyl (C=O) groups excluding carboxylic acids is 1. The van der Waals surface area contributed by atoms with Gasteiger partial charge in [0.25, 0.3) is 5.91 Å². The zero-order valence-corrected chi connectivity index (χ0v) is 11.5. The lowest BCUT2D eigenvalue weighted by Crippen LogP contribution is -2.53. The van der Waals surface area contributed by atoms with Crippen molar-refractivity contribution in [3.63, 3.8) is 0 Å². The summed E-state index contributed by atoms with van der Waals surface area (Å²) in [7, 11) is 1.44. The standard InChI is InChI=1S/C15H19NO4/c1-20-12(11-7-3-2-4-8-11)13(17)16-15(14(18)19)9-5-6-10-15/h2-4,7-8,12H,5-6,9-10H2,1H3,(H,16,17)(H,18,19). The van der Waals surface area contributed by atoms with E-state index in [0.29, 0.717) is 18.4 Å². The molecule has 1 aromatic carbocycles. The average molecular weight is 277 g/mol. The van der Waals surface area contributed by atoms with Crippen LogP contribution >= 0.6 is 0 Å². The topological polar surface area (TPSA) is 75.6 Å². The van der Waals surface area contributed by atoms with Crippen LogP contribution in [0.25, 0.3) is 0 Å². The fourth-order valence-corrected chi connectivity index (χ4v) is 2.69. The van der Waals surface area contributed by atoms with Crippen molar-refractivity contribution in [1.82, 2.24) is 5.32 Å². The van der Waals surface area contributed by atoms with Gasteiger partial charge in [0, 0.05) is 7.11 Å². The molecule has 0 saturated heterocycles. The highest BCUT2D eigenvalue weighted by atomic mass is 16.5. The van der Waals surface area contributed by atoms with Crippen molar-refractivity contribution in [2.45, 2.75) is 37.3 Å². The van der Waals surface area contributed by atoms with Gasteiger partial charge in [-0.15, -0.1) is 0 Å². The fourth-order valence-electron chi connectivity index (χ4n) is 2.69. The third kappa shape index (κ3) is 2.82. The van der Waals surface area contributed by atoms with Crippen molar-refractivity contribution in [1.29, 1.82) is 0 Å². The fraction of sp³-hybridized carbons (Fsp3) is 0.467. The molecule has 1 fully saturated rings. The number of ether oxygens (including phenoxy) is 1. The van der Waals surface area contributed by atoms with E-state index in [2.05, 4.69) is 5.32 Å². The van der Waals surface area contributed by atoms with Crippen LogP contribution in [0, 0.1) is 0 Å². The van der Waals surface area contributed by atoms with Crippen LogP contribution in [-0.4, -0.2) is 29.6 Å². The molecule has 0 aromatic heterocycles. The van der Waals surface area contributed by atoms with Crippen LogP contribution in [0.2, 0.25) is 0 Å². The van der Waals surface area contributed by atoms with Crippen molar-refractivity contribution in [3.05, 3.63) is 35.9 Å². The van der Waals surface area contributed by atoms with Crippen LogP contribution in [0.3, 0.4) is 0 Å². The number of carboxylic acid groups (broad SMARTS) is 1. The van der Waals surface area contributed by atoms with E-state index in [9.17, 15) is 14.7 Å². The molecule has 0 spiro atoms. The van der Waals surface area contributed by atoms with Crippen molar-refractivity contribution in [2.75, 3.05) is 7.11 Å². The van der Waals surface area contributed by atoms with Gasteiger partial charge >= 0.3 is 5.97 Å². The van der Waals surface area contributed by atoms with Gasteiger partial charge < -0.3 is 15.2 Å². The minimum atomic E-state index is -1.14. The summed E-state index contributed by atoms with van der Waals surface area (Å²) in [5.74, 6) is -1.37. The Morgan fingerprint density at radius 3 is 2.35 bits per heavy atom. The van der Waals surface area contributed by atoms with E-state index in [0.717, 1.165) is 12.8 Å². The second kappa shape index (κ2) is 6.05. The number of rotatable bonds is 5. The molecule has 2 N–H and O–H groups in total. The first-order valence-electron chi connectivity index (χ1n) is 6.72. The molecule has 1 saturated carbocycles. The Balaban J connectivity index is 2.15.